The molecule has 2 aromatic heterocycles. The van der Waals surface area contributed by atoms with Crippen LogP contribution in [0.3, 0.4) is 0 Å². The molecule has 0 aliphatic rings. The molecule has 0 aliphatic heterocycles. The summed E-state index contributed by atoms with van der Waals surface area (Å²) in [5, 5.41) is 18.1. The van der Waals surface area contributed by atoms with Gasteiger partial charge in [0.05, 0.1) is 17.6 Å². The van der Waals surface area contributed by atoms with E-state index in [1.807, 2.05) is 19.1 Å². The minimum absolute atomic E-state index is 0.107. The Morgan fingerprint density at radius 1 is 1.00 bits per heavy atom. The summed E-state index contributed by atoms with van der Waals surface area (Å²) >= 11 is 0. The van der Waals surface area contributed by atoms with E-state index in [9.17, 15) is 5.11 Å². The maximum absolute atomic E-state index is 15.2. The topological polar surface area (TPSA) is 86.8 Å². The highest BCUT2D eigenvalue weighted by Crippen LogP contribution is 2.39. The average Bonchev–Trinajstić information content (AvgIpc) is 3.67. The van der Waals surface area contributed by atoms with E-state index < -0.39 is 23.7 Å². The predicted octanol–water partition coefficient (Wildman–Crippen LogP) is 8.35. The molecule has 3 aromatic carbocycles. The number of hydrogen-bond acceptors (Lipinski definition) is 4. The van der Waals surface area contributed by atoms with Crippen LogP contribution in [0.5, 0.6) is 11.5 Å². The summed E-state index contributed by atoms with van der Waals surface area (Å²) in [7, 11) is 0. The van der Waals surface area contributed by atoms with Gasteiger partial charge < -0.3 is 14.8 Å². The predicted molar refractivity (Wildman–Crippen MR) is 165 cm³/mol. The molecule has 8 heteroatoms. The number of nitrogens with zero attached hydrogens (tertiary/aromatic N) is 2. The van der Waals surface area contributed by atoms with E-state index in [0.29, 0.717) is 22.3 Å². The summed E-state index contributed by atoms with van der Waals surface area (Å²) in [5.74, 6) is 2.50. The van der Waals surface area contributed by atoms with E-state index in [-0.39, 0.29) is 28.3 Å². The SMILES string of the molecule is C#CC(C)(C)CCCCC(C)(c1cccc(C)c1)c1nc(-c2cc(Oc3c(F)cc4[nH]ccc4c3CO)ccc2F)n[nH]1. The Labute approximate surface area is 250 Å². The molecular formula is C35H36F2N4O2. The largest absolute Gasteiger partial charge is 0.454 e. The number of aryl methyl sites for hydroxylation is 1. The van der Waals surface area contributed by atoms with Crippen LogP contribution in [-0.2, 0) is 12.0 Å². The molecule has 0 fully saturated rings. The number of aromatic nitrogens is 4. The second-order valence-electron chi connectivity index (χ2n) is 12.0. The number of terminal acetylenes is 1. The van der Waals surface area contributed by atoms with Gasteiger partial charge in [-0.15, -0.1) is 12.3 Å². The number of H-pyrrole nitrogens is 2. The number of fused-ring (bicyclic) bond motifs is 1. The van der Waals surface area contributed by atoms with Gasteiger partial charge in [-0.3, -0.25) is 5.10 Å². The maximum atomic E-state index is 15.2. The van der Waals surface area contributed by atoms with E-state index in [1.165, 1.54) is 24.3 Å². The number of unbranched alkanes of at least 4 members (excludes halogenated alkanes) is 1. The van der Waals surface area contributed by atoms with E-state index in [4.69, 9.17) is 16.1 Å². The van der Waals surface area contributed by atoms with Crippen LogP contribution in [0.4, 0.5) is 8.78 Å². The molecule has 5 aromatic rings. The quantitative estimate of drug-likeness (QED) is 0.108. The Balaban J connectivity index is 1.46. The number of aromatic amines is 2. The fraction of sp³-hybridized carbons (Fsp3) is 0.314. The van der Waals surface area contributed by atoms with Gasteiger partial charge in [0.2, 0.25) is 0 Å². The molecule has 222 valence electrons. The lowest BCUT2D eigenvalue weighted by Crippen LogP contribution is -2.26. The van der Waals surface area contributed by atoms with Crippen molar-refractivity contribution in [2.24, 2.45) is 5.41 Å². The smallest absolute Gasteiger partial charge is 0.184 e. The molecule has 1 unspecified atom stereocenters. The number of hydrogen-bond donors (Lipinski definition) is 3. The molecule has 0 bridgehead atoms. The number of halogens is 2. The third-order valence-electron chi connectivity index (χ3n) is 8.21. The minimum Gasteiger partial charge on any atom is -0.454 e. The molecule has 0 amide bonds. The first kappa shape index (κ1) is 30.0. The normalized spacial score (nSPS) is 13.2. The molecule has 0 radical (unpaired) electrons. The highest BCUT2D eigenvalue weighted by atomic mass is 19.1. The second-order valence-corrected chi connectivity index (χ2v) is 12.0. The van der Waals surface area contributed by atoms with Crippen molar-refractivity contribution in [3.8, 4) is 35.2 Å². The monoisotopic (exact) mass is 582 g/mol. The molecule has 2 heterocycles. The Hall–Kier alpha value is -4.48. The molecule has 6 nitrogen and oxygen atoms in total. The Kier molecular flexibility index (Phi) is 8.38. The third kappa shape index (κ3) is 6.18. The van der Waals surface area contributed by atoms with Crippen LogP contribution < -0.4 is 4.74 Å². The first-order valence-corrected chi connectivity index (χ1v) is 14.4. The number of aliphatic hydroxyl groups excluding tert-OH is 1. The fourth-order valence-corrected chi connectivity index (χ4v) is 5.48. The van der Waals surface area contributed by atoms with Crippen molar-refractivity contribution in [2.75, 3.05) is 0 Å². The molecule has 1 atom stereocenters. The van der Waals surface area contributed by atoms with E-state index in [2.05, 4.69) is 54.0 Å². The van der Waals surface area contributed by atoms with Gasteiger partial charge in [0, 0.05) is 34.1 Å². The summed E-state index contributed by atoms with van der Waals surface area (Å²) in [4.78, 5) is 7.72. The molecule has 0 spiro atoms. The second kappa shape index (κ2) is 12.0. The number of nitrogens with one attached hydrogen (secondary N) is 2. The minimum atomic E-state index is -0.649. The van der Waals surface area contributed by atoms with E-state index >= 15 is 8.78 Å². The van der Waals surface area contributed by atoms with Gasteiger partial charge >= 0.3 is 0 Å². The molecule has 5 rings (SSSR count). The molecule has 0 aliphatic carbocycles. The van der Waals surface area contributed by atoms with Crippen LogP contribution >= 0.6 is 0 Å². The summed E-state index contributed by atoms with van der Waals surface area (Å²) in [6.07, 6.45) is 10.9. The molecule has 0 saturated heterocycles. The lowest BCUT2D eigenvalue weighted by molar-refractivity contribution is 0.276. The van der Waals surface area contributed by atoms with Crippen molar-refractivity contribution in [2.45, 2.75) is 65.4 Å². The van der Waals surface area contributed by atoms with E-state index in [0.717, 1.165) is 36.8 Å². The third-order valence-corrected chi connectivity index (χ3v) is 8.21. The van der Waals surface area contributed by atoms with Crippen molar-refractivity contribution in [1.29, 1.82) is 0 Å². The van der Waals surface area contributed by atoms with Gasteiger partial charge in [0.25, 0.3) is 0 Å². The van der Waals surface area contributed by atoms with Gasteiger partial charge in [-0.1, -0.05) is 42.7 Å². The summed E-state index contributed by atoms with van der Waals surface area (Å²) in [5.41, 5.74) is 2.46. The maximum Gasteiger partial charge on any atom is 0.184 e. The molecule has 0 saturated carbocycles. The van der Waals surface area contributed by atoms with Crippen molar-refractivity contribution in [3.63, 3.8) is 0 Å². The van der Waals surface area contributed by atoms with Crippen molar-refractivity contribution < 1.29 is 18.6 Å². The van der Waals surface area contributed by atoms with Crippen LogP contribution in [-0.4, -0.2) is 25.3 Å². The number of rotatable bonds is 11. The van der Waals surface area contributed by atoms with Gasteiger partial charge in [0.15, 0.2) is 17.4 Å². The van der Waals surface area contributed by atoms with Crippen molar-refractivity contribution in [3.05, 3.63) is 94.9 Å². The van der Waals surface area contributed by atoms with Crippen LogP contribution in [0.1, 0.15) is 69.0 Å². The first-order valence-electron chi connectivity index (χ1n) is 14.4. The van der Waals surface area contributed by atoms with Crippen molar-refractivity contribution in [1.82, 2.24) is 20.2 Å². The highest BCUT2D eigenvalue weighted by molar-refractivity contribution is 5.85. The van der Waals surface area contributed by atoms with E-state index in [1.54, 1.807) is 12.3 Å². The summed E-state index contributed by atoms with van der Waals surface area (Å²) in [6.45, 7) is 7.87. The first-order chi connectivity index (χ1) is 20.5. The van der Waals surface area contributed by atoms with Crippen LogP contribution in [0.15, 0.2) is 60.8 Å². The Morgan fingerprint density at radius 3 is 2.53 bits per heavy atom. The molecule has 3 N–H and O–H groups in total. The van der Waals surface area contributed by atoms with Gasteiger partial charge in [-0.25, -0.2) is 13.8 Å². The van der Waals surface area contributed by atoms with Crippen LogP contribution in [0, 0.1) is 36.3 Å². The fourth-order valence-electron chi connectivity index (χ4n) is 5.48. The zero-order valence-corrected chi connectivity index (χ0v) is 24.9. The zero-order chi connectivity index (χ0) is 30.8. The number of benzene rings is 3. The molecular weight excluding hydrogens is 546 g/mol. The summed E-state index contributed by atoms with van der Waals surface area (Å²) < 4.78 is 36.1. The lowest BCUT2D eigenvalue weighted by atomic mass is 9.76. The Morgan fingerprint density at radius 2 is 1.79 bits per heavy atom. The standard InChI is InChI=1S/C35H36F2N4O2/c1-6-34(3,4)15-7-8-16-35(5,23-11-9-10-22(2)18-23)33-39-32(40-41-33)26-19-24(12-13-28(26)36)43-31-27(21-42)25-14-17-38-30(25)20-29(31)37/h1,9-14,17-20,38,42H,7-8,15-16,21H2,2-5H3,(H,39,40,41). The van der Waals surface area contributed by atoms with Gasteiger partial charge in [0.1, 0.15) is 17.4 Å². The van der Waals surface area contributed by atoms with Gasteiger partial charge in [-0.2, -0.15) is 5.10 Å². The average molecular weight is 583 g/mol. The number of aliphatic hydroxyl groups is 1. The number of ether oxygens (including phenoxy) is 1. The molecule has 43 heavy (non-hydrogen) atoms. The van der Waals surface area contributed by atoms with Crippen LogP contribution in [0.25, 0.3) is 22.3 Å². The van der Waals surface area contributed by atoms with Crippen molar-refractivity contribution >= 4 is 10.9 Å². The van der Waals surface area contributed by atoms with Gasteiger partial charge in [-0.05, 0) is 70.4 Å². The highest BCUT2D eigenvalue weighted by Gasteiger charge is 2.33. The lowest BCUT2D eigenvalue weighted by Gasteiger charge is -2.29. The van der Waals surface area contributed by atoms with Crippen LogP contribution in [0.2, 0.25) is 0 Å². The zero-order valence-electron chi connectivity index (χ0n) is 24.9. The summed E-state index contributed by atoms with van der Waals surface area (Å²) in [6, 6.07) is 15.4. The Bertz CT molecular complexity index is 1800.